The molecule has 0 radical (unpaired) electrons. The molecule has 6 heteroatoms. The second-order valence-electron chi connectivity index (χ2n) is 11.1. The van der Waals surface area contributed by atoms with Gasteiger partial charge in [-0.15, -0.1) is 0 Å². The van der Waals surface area contributed by atoms with E-state index in [9.17, 15) is 0 Å². The molecule has 0 spiro atoms. The molecule has 212 valence electrons. The molecule has 4 aliphatic heterocycles. The third-order valence-corrected chi connectivity index (χ3v) is 8.14. The summed E-state index contributed by atoms with van der Waals surface area (Å²) in [5.74, 6) is 0. The van der Waals surface area contributed by atoms with Crippen LogP contribution >= 0.6 is 0 Å². The van der Waals surface area contributed by atoms with Crippen LogP contribution in [0.5, 0.6) is 0 Å². The Kier molecular flexibility index (Phi) is 6.30. The van der Waals surface area contributed by atoms with Gasteiger partial charge >= 0.3 is 0 Å². The molecule has 8 rings (SSSR count). The predicted octanol–water partition coefficient (Wildman–Crippen LogP) is 6.03. The van der Waals surface area contributed by atoms with Crippen LogP contribution in [0.4, 0.5) is 11.4 Å². The first-order chi connectivity index (χ1) is 21.7. The van der Waals surface area contributed by atoms with Crippen molar-refractivity contribution in [3.05, 3.63) is 179 Å². The van der Waals surface area contributed by atoms with E-state index in [1.165, 1.54) is 5.56 Å². The Morgan fingerprint density at radius 3 is 2.11 bits per heavy atom. The number of hydrogen-bond acceptors (Lipinski definition) is 5. The van der Waals surface area contributed by atoms with Gasteiger partial charge in [0.2, 0.25) is 0 Å². The molecule has 1 aromatic heterocycles. The average molecular weight is 571 g/mol. The van der Waals surface area contributed by atoms with Crippen molar-refractivity contribution in [1.82, 2.24) is 10.3 Å². The molecule has 44 heavy (non-hydrogen) atoms. The van der Waals surface area contributed by atoms with Crippen LogP contribution in [0.3, 0.4) is 0 Å². The van der Waals surface area contributed by atoms with Crippen LogP contribution in [0.2, 0.25) is 0 Å². The highest BCUT2D eigenvalue weighted by molar-refractivity contribution is 6.28. The van der Waals surface area contributed by atoms with E-state index in [1.54, 1.807) is 0 Å². The van der Waals surface area contributed by atoms with Gasteiger partial charge in [0.1, 0.15) is 0 Å². The number of H-pyrrole nitrogens is 1. The molecule has 0 saturated heterocycles. The predicted molar refractivity (Wildman–Crippen MR) is 180 cm³/mol. The highest BCUT2D eigenvalue weighted by Crippen LogP contribution is 2.38. The lowest BCUT2D eigenvalue weighted by molar-refractivity contribution is 0.502. The molecular weight excluding hydrogens is 540 g/mol. The van der Waals surface area contributed by atoms with E-state index in [0.717, 1.165) is 68.4 Å². The smallest absolute Gasteiger partial charge is 0.0893 e. The first-order valence-corrected chi connectivity index (χ1v) is 14.8. The molecule has 4 aliphatic rings. The lowest BCUT2D eigenvalue weighted by Crippen LogP contribution is -2.37. The minimum atomic E-state index is -0.496. The Hall–Kier alpha value is -5.88. The number of nitrogens with one attached hydrogen (secondary N) is 4. The maximum Gasteiger partial charge on any atom is 0.0893 e. The van der Waals surface area contributed by atoms with Gasteiger partial charge in [-0.05, 0) is 84.8 Å². The summed E-state index contributed by atoms with van der Waals surface area (Å²) in [6, 6.07) is 35.2. The molecule has 0 saturated carbocycles. The minimum Gasteiger partial charge on any atom is -0.370 e. The summed E-state index contributed by atoms with van der Waals surface area (Å²) >= 11 is 0. The number of allylic oxidation sites excluding steroid dienone is 3. The largest absolute Gasteiger partial charge is 0.370 e. The summed E-state index contributed by atoms with van der Waals surface area (Å²) in [6.45, 7) is 0. The number of aromatic amines is 1. The van der Waals surface area contributed by atoms with Crippen molar-refractivity contribution in [2.45, 2.75) is 12.0 Å². The van der Waals surface area contributed by atoms with Crippen LogP contribution in [0.15, 0.2) is 172 Å². The Morgan fingerprint density at radius 1 is 0.659 bits per heavy atom. The Morgan fingerprint density at radius 2 is 1.36 bits per heavy atom. The zero-order valence-electron chi connectivity index (χ0n) is 24.0. The van der Waals surface area contributed by atoms with Gasteiger partial charge in [0, 0.05) is 16.7 Å². The number of nitrogens with zero attached hydrogens (tertiary/aromatic N) is 2. The van der Waals surface area contributed by atoms with Crippen LogP contribution < -0.4 is 26.6 Å². The van der Waals surface area contributed by atoms with Crippen molar-refractivity contribution in [1.29, 1.82) is 0 Å². The van der Waals surface area contributed by atoms with Crippen LogP contribution in [-0.2, 0) is 5.54 Å². The standard InChI is InChI=1S/C38H30N6/c1-4-10-26(11-5-1)38-23-22-35(44-38)37(43-28-14-8-3-9-15-28)34-20-17-30(40-34)24-29-16-19-32(39-29)36(33-21-18-31(25-38)41-33)42-27-12-6-2-7-13-27/h1-22,24-25,39,42-44H,23H2. The Balaban J connectivity index is 1.33. The number of fused-ring (bicyclic) bond motifs is 6. The van der Waals surface area contributed by atoms with Gasteiger partial charge in [0.15, 0.2) is 0 Å². The first kappa shape index (κ1) is 25.8. The average Bonchev–Trinajstić information content (AvgIpc) is 3.89. The van der Waals surface area contributed by atoms with Gasteiger partial charge < -0.3 is 20.9 Å². The molecule has 4 N–H and O–H groups in total. The number of para-hydroxylation sites is 2. The summed E-state index contributed by atoms with van der Waals surface area (Å²) in [4.78, 5) is 13.8. The molecule has 0 amide bonds. The molecule has 0 fully saturated rings. The molecule has 1 atom stereocenters. The van der Waals surface area contributed by atoms with Gasteiger partial charge in [-0.2, -0.15) is 0 Å². The van der Waals surface area contributed by atoms with Crippen molar-refractivity contribution < 1.29 is 0 Å². The number of anilines is 2. The molecule has 0 aliphatic carbocycles. The number of rotatable bonds is 5. The van der Waals surface area contributed by atoms with Crippen LogP contribution in [-0.4, -0.2) is 16.4 Å². The van der Waals surface area contributed by atoms with E-state index in [-0.39, 0.29) is 0 Å². The maximum atomic E-state index is 5.15. The van der Waals surface area contributed by atoms with Crippen LogP contribution in [0.25, 0.3) is 11.8 Å². The van der Waals surface area contributed by atoms with E-state index in [2.05, 4.69) is 130 Å². The lowest BCUT2D eigenvalue weighted by atomic mass is 9.87. The summed E-state index contributed by atoms with van der Waals surface area (Å²) < 4.78 is 0. The Bertz CT molecular complexity index is 2090. The van der Waals surface area contributed by atoms with Crippen molar-refractivity contribution >= 4 is 34.6 Å². The first-order valence-electron chi connectivity index (χ1n) is 14.8. The molecule has 4 aromatic rings. The van der Waals surface area contributed by atoms with Crippen LogP contribution in [0.1, 0.15) is 12.0 Å². The van der Waals surface area contributed by atoms with Gasteiger partial charge in [-0.1, -0.05) is 72.8 Å². The number of aromatic nitrogens is 1. The highest BCUT2D eigenvalue weighted by Gasteiger charge is 2.36. The summed E-state index contributed by atoms with van der Waals surface area (Å²) in [6.07, 6.45) is 15.7. The van der Waals surface area contributed by atoms with Crippen molar-refractivity contribution in [2.75, 3.05) is 10.6 Å². The number of aliphatic imine (C=N–C) groups is 2. The summed E-state index contributed by atoms with van der Waals surface area (Å²) in [7, 11) is 0. The quantitative estimate of drug-likeness (QED) is 0.237. The van der Waals surface area contributed by atoms with Crippen molar-refractivity contribution in [3.8, 4) is 0 Å². The van der Waals surface area contributed by atoms with Crippen LogP contribution in [0, 0.1) is 0 Å². The van der Waals surface area contributed by atoms with Gasteiger partial charge in [0.05, 0.1) is 50.8 Å². The molecule has 5 heterocycles. The third-order valence-electron chi connectivity index (χ3n) is 8.14. The zero-order chi connectivity index (χ0) is 29.3. The van der Waals surface area contributed by atoms with Gasteiger partial charge in [-0.25, -0.2) is 9.98 Å². The van der Waals surface area contributed by atoms with Crippen molar-refractivity contribution in [3.63, 3.8) is 0 Å². The minimum absolute atomic E-state index is 0.496. The lowest BCUT2D eigenvalue weighted by Gasteiger charge is -2.30. The van der Waals surface area contributed by atoms with Gasteiger partial charge in [0.25, 0.3) is 0 Å². The SMILES string of the molecule is C1=CC2=NC1=CC1(c3ccccc3)CC=C(N1)C(Nc1ccccc1)=C1C=CC(=N1)C=c1ccc([nH]1)=C2Nc1ccccc1. The zero-order valence-corrected chi connectivity index (χ0v) is 24.0. The molecule has 6 nitrogen and oxygen atoms in total. The highest BCUT2D eigenvalue weighted by atomic mass is 15.1. The van der Waals surface area contributed by atoms with E-state index in [4.69, 9.17) is 9.98 Å². The molecular formula is C38H30N6. The maximum absolute atomic E-state index is 5.15. The second-order valence-corrected chi connectivity index (χ2v) is 11.1. The summed E-state index contributed by atoms with van der Waals surface area (Å²) in [5.41, 5.74) is 9.01. The van der Waals surface area contributed by atoms with E-state index < -0.39 is 5.54 Å². The third kappa shape index (κ3) is 4.92. The number of benzene rings is 3. The second kappa shape index (κ2) is 10.7. The van der Waals surface area contributed by atoms with E-state index in [1.807, 2.05) is 36.4 Å². The van der Waals surface area contributed by atoms with E-state index in [0.29, 0.717) is 0 Å². The van der Waals surface area contributed by atoms with Gasteiger partial charge in [-0.3, -0.25) is 0 Å². The number of hydrogen-bond donors (Lipinski definition) is 4. The monoisotopic (exact) mass is 570 g/mol. The molecule has 8 bridgehead atoms. The topological polar surface area (TPSA) is 76.6 Å². The van der Waals surface area contributed by atoms with Crippen molar-refractivity contribution in [2.24, 2.45) is 9.98 Å². The fourth-order valence-corrected chi connectivity index (χ4v) is 5.99. The fourth-order valence-electron chi connectivity index (χ4n) is 5.99. The summed E-state index contributed by atoms with van der Waals surface area (Å²) in [5, 5.41) is 13.1. The molecule has 3 aromatic carbocycles. The Labute approximate surface area is 255 Å². The fraction of sp³-hybridized carbons (Fsp3) is 0.0526. The molecule has 1 unspecified atom stereocenters. The van der Waals surface area contributed by atoms with E-state index >= 15 is 0 Å². The normalized spacial score (nSPS) is 20.0.